The molecule has 3 nitrogen and oxygen atoms in total. The van der Waals surface area contributed by atoms with Crippen LogP contribution in [0.1, 0.15) is 42.9 Å². The monoisotopic (exact) mass is 247 g/mol. The number of hydrogen-bond acceptors (Lipinski definition) is 2. The van der Waals surface area contributed by atoms with Crippen molar-refractivity contribution in [2.24, 2.45) is 0 Å². The van der Waals surface area contributed by atoms with Crippen LogP contribution in [0.3, 0.4) is 0 Å². The number of rotatable bonds is 5. The van der Waals surface area contributed by atoms with Crippen LogP contribution >= 0.6 is 0 Å². The zero-order valence-electron chi connectivity index (χ0n) is 10.9. The van der Waals surface area contributed by atoms with Crippen LogP contribution in [0.5, 0.6) is 0 Å². The number of carboxylic acids is 1. The van der Waals surface area contributed by atoms with Gasteiger partial charge in [-0.2, -0.15) is 0 Å². The summed E-state index contributed by atoms with van der Waals surface area (Å²) < 4.78 is 0. The van der Waals surface area contributed by atoms with Crippen molar-refractivity contribution in [3.8, 4) is 0 Å². The first kappa shape index (κ1) is 13.1. The summed E-state index contributed by atoms with van der Waals surface area (Å²) in [5.41, 5.74) is 2.66. The van der Waals surface area contributed by atoms with Crippen molar-refractivity contribution in [1.82, 2.24) is 4.90 Å². The van der Waals surface area contributed by atoms with E-state index in [0.717, 1.165) is 19.5 Å². The van der Waals surface area contributed by atoms with E-state index in [2.05, 4.69) is 36.1 Å². The molecule has 0 spiro atoms. The van der Waals surface area contributed by atoms with E-state index in [-0.39, 0.29) is 6.42 Å². The lowest BCUT2D eigenvalue weighted by Gasteiger charge is -2.24. The number of hydrogen-bond donors (Lipinski definition) is 1. The quantitative estimate of drug-likeness (QED) is 0.869. The normalized spacial score (nSPS) is 20.2. The lowest BCUT2D eigenvalue weighted by atomic mass is 10.0. The molecule has 2 rings (SSSR count). The molecular formula is C15H21NO2. The first-order chi connectivity index (χ1) is 8.66. The Balaban J connectivity index is 1.94. The lowest BCUT2D eigenvalue weighted by molar-refractivity contribution is -0.137. The van der Waals surface area contributed by atoms with Crippen molar-refractivity contribution < 1.29 is 9.90 Å². The molecule has 98 valence electrons. The van der Waals surface area contributed by atoms with Crippen molar-refractivity contribution in [3.63, 3.8) is 0 Å². The van der Waals surface area contributed by atoms with Crippen molar-refractivity contribution in [1.29, 1.82) is 0 Å². The Morgan fingerprint density at radius 3 is 2.78 bits per heavy atom. The van der Waals surface area contributed by atoms with E-state index in [9.17, 15) is 4.79 Å². The van der Waals surface area contributed by atoms with Gasteiger partial charge in [-0.3, -0.25) is 9.69 Å². The molecule has 1 aliphatic rings. The van der Waals surface area contributed by atoms with Gasteiger partial charge in [0, 0.05) is 12.5 Å². The molecule has 1 heterocycles. The second-order valence-electron chi connectivity index (χ2n) is 5.10. The zero-order valence-corrected chi connectivity index (χ0v) is 10.9. The lowest BCUT2D eigenvalue weighted by Crippen LogP contribution is -2.24. The number of carboxylic acid groups (broad SMARTS) is 1. The topological polar surface area (TPSA) is 40.5 Å². The van der Waals surface area contributed by atoms with Gasteiger partial charge in [0.25, 0.3) is 0 Å². The Kier molecular flexibility index (Phi) is 4.37. The van der Waals surface area contributed by atoms with Gasteiger partial charge in [-0.1, -0.05) is 29.8 Å². The van der Waals surface area contributed by atoms with Gasteiger partial charge in [0.15, 0.2) is 0 Å². The van der Waals surface area contributed by atoms with Gasteiger partial charge in [-0.05, 0) is 44.8 Å². The molecule has 0 saturated carbocycles. The average Bonchev–Trinajstić information content (AvgIpc) is 2.78. The molecule has 0 bridgehead atoms. The van der Waals surface area contributed by atoms with Crippen LogP contribution in [0.25, 0.3) is 0 Å². The van der Waals surface area contributed by atoms with E-state index >= 15 is 0 Å². The summed E-state index contributed by atoms with van der Waals surface area (Å²) in [7, 11) is 0. The predicted octanol–water partition coefficient (Wildman–Crippen LogP) is 3.00. The highest BCUT2D eigenvalue weighted by atomic mass is 16.4. The Bertz CT molecular complexity index is 399. The van der Waals surface area contributed by atoms with E-state index in [0.29, 0.717) is 6.04 Å². The minimum atomic E-state index is -0.693. The second-order valence-corrected chi connectivity index (χ2v) is 5.10. The van der Waals surface area contributed by atoms with E-state index in [1.807, 2.05) is 0 Å². The highest BCUT2D eigenvalue weighted by Gasteiger charge is 2.25. The summed E-state index contributed by atoms with van der Waals surface area (Å²) in [6.45, 7) is 4.09. The molecule has 1 unspecified atom stereocenters. The van der Waals surface area contributed by atoms with Crippen LogP contribution in [0, 0.1) is 6.92 Å². The fourth-order valence-electron chi connectivity index (χ4n) is 2.69. The minimum absolute atomic E-state index is 0.275. The summed E-state index contributed by atoms with van der Waals surface area (Å²) in [6.07, 6.45) is 3.43. The molecule has 1 atom stereocenters. The Morgan fingerprint density at radius 1 is 1.39 bits per heavy atom. The van der Waals surface area contributed by atoms with Crippen LogP contribution in [-0.4, -0.2) is 29.1 Å². The predicted molar refractivity (Wildman–Crippen MR) is 71.6 cm³/mol. The third-order valence-corrected chi connectivity index (χ3v) is 3.66. The number of aliphatic carboxylic acids is 1. The first-order valence-corrected chi connectivity index (χ1v) is 6.69. The van der Waals surface area contributed by atoms with Gasteiger partial charge >= 0.3 is 5.97 Å². The number of benzene rings is 1. The molecule has 1 fully saturated rings. The van der Waals surface area contributed by atoms with Crippen LogP contribution in [0.4, 0.5) is 0 Å². The van der Waals surface area contributed by atoms with E-state index < -0.39 is 5.97 Å². The fraction of sp³-hybridized carbons (Fsp3) is 0.533. The van der Waals surface area contributed by atoms with Crippen molar-refractivity contribution in [3.05, 3.63) is 35.4 Å². The van der Waals surface area contributed by atoms with Crippen LogP contribution in [-0.2, 0) is 4.79 Å². The molecule has 3 heteroatoms. The maximum atomic E-state index is 10.5. The molecule has 0 amide bonds. The van der Waals surface area contributed by atoms with E-state index in [1.165, 1.54) is 24.0 Å². The highest BCUT2D eigenvalue weighted by molar-refractivity contribution is 5.66. The molecule has 1 N–H and O–H groups in total. The largest absolute Gasteiger partial charge is 0.481 e. The fourth-order valence-corrected chi connectivity index (χ4v) is 2.69. The molecule has 1 aromatic rings. The third kappa shape index (κ3) is 3.33. The maximum Gasteiger partial charge on any atom is 0.303 e. The van der Waals surface area contributed by atoms with Gasteiger partial charge in [0.05, 0.1) is 0 Å². The third-order valence-electron chi connectivity index (χ3n) is 3.66. The SMILES string of the molecule is Cc1ccc(C2CCCN2CCCC(=O)O)cc1. The molecule has 1 aliphatic heterocycles. The maximum absolute atomic E-state index is 10.5. The van der Waals surface area contributed by atoms with E-state index in [4.69, 9.17) is 5.11 Å². The average molecular weight is 247 g/mol. The summed E-state index contributed by atoms with van der Waals surface area (Å²) in [5.74, 6) is -0.693. The standard InChI is InChI=1S/C15H21NO2/c1-12-6-8-13(9-7-12)14-4-2-10-16(14)11-3-5-15(17)18/h6-9,14H,2-5,10-11H2,1H3,(H,17,18). The van der Waals surface area contributed by atoms with Crippen molar-refractivity contribution >= 4 is 5.97 Å². The molecular weight excluding hydrogens is 226 g/mol. The molecule has 0 radical (unpaired) electrons. The number of aryl methyl sites for hydroxylation is 1. The summed E-state index contributed by atoms with van der Waals surface area (Å²) in [4.78, 5) is 13.0. The van der Waals surface area contributed by atoms with Crippen LogP contribution in [0.2, 0.25) is 0 Å². The second kappa shape index (κ2) is 6.01. The highest BCUT2D eigenvalue weighted by Crippen LogP contribution is 2.31. The molecule has 1 saturated heterocycles. The molecule has 0 aromatic heterocycles. The van der Waals surface area contributed by atoms with Crippen LogP contribution in [0.15, 0.2) is 24.3 Å². The number of likely N-dealkylation sites (tertiary alicyclic amines) is 1. The smallest absolute Gasteiger partial charge is 0.303 e. The van der Waals surface area contributed by atoms with Crippen LogP contribution < -0.4 is 0 Å². The molecule has 0 aliphatic carbocycles. The Morgan fingerprint density at radius 2 is 2.11 bits per heavy atom. The van der Waals surface area contributed by atoms with E-state index in [1.54, 1.807) is 0 Å². The summed E-state index contributed by atoms with van der Waals surface area (Å²) in [5, 5.41) is 8.68. The minimum Gasteiger partial charge on any atom is -0.481 e. The molecule has 1 aromatic carbocycles. The van der Waals surface area contributed by atoms with Gasteiger partial charge in [0.1, 0.15) is 0 Å². The number of carbonyl (C=O) groups is 1. The van der Waals surface area contributed by atoms with Gasteiger partial charge < -0.3 is 5.11 Å². The van der Waals surface area contributed by atoms with Crippen molar-refractivity contribution in [2.45, 2.75) is 38.6 Å². The Hall–Kier alpha value is -1.35. The number of nitrogens with zero attached hydrogens (tertiary/aromatic N) is 1. The molecule has 18 heavy (non-hydrogen) atoms. The summed E-state index contributed by atoms with van der Waals surface area (Å²) in [6, 6.07) is 9.20. The first-order valence-electron chi connectivity index (χ1n) is 6.69. The van der Waals surface area contributed by atoms with Crippen molar-refractivity contribution in [2.75, 3.05) is 13.1 Å². The zero-order chi connectivity index (χ0) is 13.0. The Labute approximate surface area is 108 Å². The van der Waals surface area contributed by atoms with Gasteiger partial charge in [0.2, 0.25) is 0 Å². The van der Waals surface area contributed by atoms with Gasteiger partial charge in [-0.15, -0.1) is 0 Å². The van der Waals surface area contributed by atoms with Gasteiger partial charge in [-0.25, -0.2) is 0 Å². The summed E-state index contributed by atoms with van der Waals surface area (Å²) >= 11 is 0.